The van der Waals surface area contributed by atoms with Crippen molar-refractivity contribution >= 4 is 58.2 Å². The molecule has 12 heteroatoms. The molecule has 5 N–H and O–H groups in total. The summed E-state index contributed by atoms with van der Waals surface area (Å²) >= 11 is -3.56. The van der Waals surface area contributed by atoms with Crippen LogP contribution in [0, 0.1) is 0 Å². The van der Waals surface area contributed by atoms with Crippen LogP contribution >= 0.6 is 11.3 Å². The van der Waals surface area contributed by atoms with Gasteiger partial charge in [-0.2, -0.15) is 0 Å². The molecule has 0 bridgehead atoms. The monoisotopic (exact) mass is 599 g/mol. The summed E-state index contributed by atoms with van der Waals surface area (Å²) < 4.78 is 33.2. The SMILES string of the molecule is CC(=O)Nc1ccc([As](=O)(O)O)c(O)c1.CCOC(=O)c1cccc(Nc2nc(-c3ccccc3)cs2)c1. The Bertz CT molecular complexity index is 1450. The number of thiazole rings is 1. The average Bonchev–Trinajstić information content (AvgIpc) is 3.33. The molecule has 10 nitrogen and oxygen atoms in total. The second-order valence-electron chi connectivity index (χ2n) is 7.76. The Balaban J connectivity index is 0.000000232. The zero-order valence-corrected chi connectivity index (χ0v) is 23.2. The van der Waals surface area contributed by atoms with E-state index < -0.39 is 24.3 Å². The smallest absolute Gasteiger partial charge is 0.338 e. The molecule has 198 valence electrons. The molecule has 0 atom stereocenters. The molecular weight excluding hydrogens is 573 g/mol. The van der Waals surface area contributed by atoms with Crippen LogP contribution in [0.1, 0.15) is 24.2 Å². The van der Waals surface area contributed by atoms with E-state index in [-0.39, 0.29) is 17.6 Å². The minimum absolute atomic E-state index is 0.285. The van der Waals surface area contributed by atoms with E-state index in [0.717, 1.165) is 34.2 Å². The quantitative estimate of drug-likeness (QED) is 0.158. The number of phenolic OH excluding ortho intramolecular Hbond substituents is 1. The number of ether oxygens (including phenoxy) is 1. The molecule has 0 radical (unpaired) electrons. The molecule has 3 aromatic carbocycles. The van der Waals surface area contributed by atoms with Crippen LogP contribution in [0.3, 0.4) is 0 Å². The summed E-state index contributed by atoms with van der Waals surface area (Å²) in [6.45, 7) is 3.45. The summed E-state index contributed by atoms with van der Waals surface area (Å²) in [6.07, 6.45) is 0. The topological polar surface area (TPSA) is 158 Å². The molecule has 4 rings (SSSR count). The van der Waals surface area contributed by atoms with Gasteiger partial charge in [-0.3, -0.25) is 0 Å². The fourth-order valence-electron chi connectivity index (χ4n) is 3.19. The van der Waals surface area contributed by atoms with Crippen LogP contribution in [-0.2, 0) is 13.3 Å². The van der Waals surface area contributed by atoms with Gasteiger partial charge >= 0.3 is 94.1 Å². The number of carbonyl (C=O) groups excluding carboxylic acids is 2. The fourth-order valence-corrected chi connectivity index (χ4v) is 5.25. The molecular formula is C26H26AsN3O7S. The number of hydrogen-bond donors (Lipinski definition) is 5. The van der Waals surface area contributed by atoms with Crippen molar-refractivity contribution < 1.29 is 31.4 Å². The second kappa shape index (κ2) is 13.1. The van der Waals surface area contributed by atoms with Gasteiger partial charge in [0, 0.05) is 16.6 Å². The van der Waals surface area contributed by atoms with Crippen molar-refractivity contribution in [1.82, 2.24) is 4.98 Å². The minimum Gasteiger partial charge on any atom is -0.462 e. The third-order valence-electron chi connectivity index (χ3n) is 4.81. The van der Waals surface area contributed by atoms with Crippen LogP contribution in [0.15, 0.2) is 78.2 Å². The van der Waals surface area contributed by atoms with E-state index in [4.69, 9.17) is 12.9 Å². The Hall–Kier alpha value is -3.89. The first-order chi connectivity index (χ1) is 18.1. The Morgan fingerprint density at radius 1 is 1.00 bits per heavy atom. The molecule has 4 aromatic rings. The number of nitrogens with zero attached hydrogens (tertiary/aromatic N) is 1. The summed E-state index contributed by atoms with van der Waals surface area (Å²) in [5, 5.41) is 17.7. The number of carbonyl (C=O) groups is 2. The summed E-state index contributed by atoms with van der Waals surface area (Å²) in [4.78, 5) is 27.0. The summed E-state index contributed by atoms with van der Waals surface area (Å²) in [5.74, 6) is -1.17. The maximum atomic E-state index is 11.8. The Kier molecular flexibility index (Phi) is 9.86. The van der Waals surface area contributed by atoms with E-state index in [1.54, 1.807) is 19.1 Å². The molecule has 0 fully saturated rings. The van der Waals surface area contributed by atoms with Gasteiger partial charge in [0.2, 0.25) is 0 Å². The average molecular weight is 599 g/mol. The van der Waals surface area contributed by atoms with Gasteiger partial charge in [-0.1, -0.05) is 36.4 Å². The number of phenols is 1. The first-order valence-electron chi connectivity index (χ1n) is 11.3. The molecule has 0 spiro atoms. The summed E-state index contributed by atoms with van der Waals surface area (Å²) in [5.41, 5.74) is 3.63. The van der Waals surface area contributed by atoms with Gasteiger partial charge in [0.15, 0.2) is 5.13 Å². The normalized spacial score (nSPS) is 10.6. The Morgan fingerprint density at radius 3 is 2.37 bits per heavy atom. The van der Waals surface area contributed by atoms with E-state index in [2.05, 4.69) is 15.6 Å². The number of amides is 1. The molecule has 0 unspecified atom stereocenters. The van der Waals surface area contributed by atoms with Crippen molar-refractivity contribution in [3.8, 4) is 17.0 Å². The number of aromatic nitrogens is 1. The van der Waals surface area contributed by atoms with Crippen molar-refractivity contribution in [3.63, 3.8) is 0 Å². The molecule has 1 aromatic heterocycles. The van der Waals surface area contributed by atoms with Crippen molar-refractivity contribution in [1.29, 1.82) is 0 Å². The zero-order chi connectivity index (χ0) is 27.7. The van der Waals surface area contributed by atoms with Gasteiger partial charge in [-0.05, 0) is 25.1 Å². The minimum atomic E-state index is -5.09. The van der Waals surface area contributed by atoms with Crippen LogP contribution in [0.25, 0.3) is 11.3 Å². The zero-order valence-electron chi connectivity index (χ0n) is 20.5. The van der Waals surface area contributed by atoms with Crippen LogP contribution in [0.5, 0.6) is 5.75 Å². The van der Waals surface area contributed by atoms with Gasteiger partial charge < -0.3 is 10.1 Å². The van der Waals surface area contributed by atoms with Crippen molar-refractivity contribution in [2.24, 2.45) is 0 Å². The van der Waals surface area contributed by atoms with E-state index in [0.29, 0.717) is 12.2 Å². The number of aromatic hydroxyl groups is 1. The molecule has 0 saturated carbocycles. The molecule has 0 aliphatic heterocycles. The third-order valence-corrected chi connectivity index (χ3v) is 7.68. The fraction of sp³-hybridized carbons (Fsp3) is 0.115. The Labute approximate surface area is 226 Å². The van der Waals surface area contributed by atoms with Crippen molar-refractivity contribution in [2.75, 3.05) is 17.2 Å². The van der Waals surface area contributed by atoms with Crippen LogP contribution in [-0.4, -0.2) is 50.9 Å². The van der Waals surface area contributed by atoms with E-state index in [9.17, 15) is 18.4 Å². The maximum Gasteiger partial charge on any atom is 0.338 e. The molecule has 0 aliphatic carbocycles. The number of nitrogens with one attached hydrogen (secondary N) is 2. The van der Waals surface area contributed by atoms with Crippen LogP contribution in [0.2, 0.25) is 0 Å². The summed E-state index contributed by atoms with van der Waals surface area (Å²) in [6, 6.07) is 20.7. The van der Waals surface area contributed by atoms with Gasteiger partial charge in [0.05, 0.1) is 17.9 Å². The van der Waals surface area contributed by atoms with Crippen molar-refractivity contribution in [3.05, 3.63) is 83.7 Å². The molecule has 0 saturated heterocycles. The van der Waals surface area contributed by atoms with E-state index >= 15 is 0 Å². The van der Waals surface area contributed by atoms with E-state index in [1.807, 2.05) is 47.8 Å². The number of rotatable bonds is 7. The standard InChI is InChI=1S/C18H16N2O2S.C8H10AsNO5/c1-2-22-17(21)14-9-6-10-15(11-14)19-18-20-16(12-23-18)13-7-4-3-5-8-13;1-5(11)10-6-2-3-7(8(12)4-6)9(13,14)15/h3-12H,2H2,1H3,(H,19,20);2-4,12H,1H3,(H,10,11)(H2,13,14,15). The number of anilines is 3. The van der Waals surface area contributed by atoms with Crippen LogP contribution < -0.4 is 15.0 Å². The van der Waals surface area contributed by atoms with Gasteiger partial charge in [0.25, 0.3) is 0 Å². The third kappa shape index (κ3) is 8.32. The molecule has 0 aliphatic rings. The number of hydrogen-bond acceptors (Lipinski definition) is 8. The predicted octanol–water partition coefficient (Wildman–Crippen LogP) is 3.64. The number of benzene rings is 3. The molecule has 1 heterocycles. The maximum absolute atomic E-state index is 11.8. The molecule has 38 heavy (non-hydrogen) atoms. The number of esters is 1. The molecule has 1 amide bonds. The largest absolute Gasteiger partial charge is 0.462 e. The first-order valence-corrected chi connectivity index (χ1v) is 15.5. The Morgan fingerprint density at radius 2 is 1.74 bits per heavy atom. The first kappa shape index (κ1) is 28.7. The van der Waals surface area contributed by atoms with Gasteiger partial charge in [-0.15, -0.1) is 11.3 Å². The summed E-state index contributed by atoms with van der Waals surface area (Å²) in [7, 11) is 0. The predicted molar refractivity (Wildman–Crippen MR) is 146 cm³/mol. The van der Waals surface area contributed by atoms with Crippen LogP contribution in [0.4, 0.5) is 16.5 Å². The second-order valence-corrected chi connectivity index (χ2v) is 11.9. The van der Waals surface area contributed by atoms with E-state index in [1.165, 1.54) is 24.3 Å². The van der Waals surface area contributed by atoms with Gasteiger partial charge in [-0.25, -0.2) is 9.78 Å². The van der Waals surface area contributed by atoms with Gasteiger partial charge in [0.1, 0.15) is 0 Å². The van der Waals surface area contributed by atoms with Crippen molar-refractivity contribution in [2.45, 2.75) is 13.8 Å².